The minimum Gasteiger partial charge on any atom is -0.207 e. The highest BCUT2D eigenvalue weighted by Gasteiger charge is 2.20. The maximum atomic E-state index is 14.5. The molecule has 1 saturated carbocycles. The molecule has 2 aromatic carbocycles. The van der Waals surface area contributed by atoms with Crippen LogP contribution < -0.4 is 0 Å². The SMILES string of the molecule is C=C(CCc1ccccc1)C(C)Cc1ccc(C2CCCC2)c(F)c1. The first kappa shape index (κ1) is 17.9. The van der Waals surface area contributed by atoms with Gasteiger partial charge in [0.05, 0.1) is 0 Å². The molecule has 25 heavy (non-hydrogen) atoms. The van der Waals surface area contributed by atoms with Gasteiger partial charge in [0, 0.05) is 0 Å². The summed E-state index contributed by atoms with van der Waals surface area (Å²) in [5.41, 5.74) is 4.62. The highest BCUT2D eigenvalue weighted by Crippen LogP contribution is 2.35. The number of benzene rings is 2. The van der Waals surface area contributed by atoms with Gasteiger partial charge in [0.1, 0.15) is 5.82 Å². The molecule has 0 amide bonds. The predicted octanol–water partition coefficient (Wildman–Crippen LogP) is 6.85. The lowest BCUT2D eigenvalue weighted by Gasteiger charge is -2.17. The van der Waals surface area contributed by atoms with E-state index < -0.39 is 0 Å². The number of rotatable bonds is 7. The maximum absolute atomic E-state index is 14.5. The van der Waals surface area contributed by atoms with Crippen LogP contribution in [-0.4, -0.2) is 0 Å². The van der Waals surface area contributed by atoms with Crippen molar-refractivity contribution >= 4 is 0 Å². The molecule has 0 heterocycles. The van der Waals surface area contributed by atoms with Crippen molar-refractivity contribution in [2.75, 3.05) is 0 Å². The van der Waals surface area contributed by atoms with Gasteiger partial charge in [-0.15, -0.1) is 0 Å². The van der Waals surface area contributed by atoms with Crippen LogP contribution in [-0.2, 0) is 12.8 Å². The van der Waals surface area contributed by atoms with Crippen molar-refractivity contribution in [2.45, 2.75) is 57.8 Å². The van der Waals surface area contributed by atoms with Gasteiger partial charge in [-0.2, -0.15) is 0 Å². The van der Waals surface area contributed by atoms with Crippen LogP contribution in [0.4, 0.5) is 4.39 Å². The van der Waals surface area contributed by atoms with E-state index in [9.17, 15) is 4.39 Å². The lowest BCUT2D eigenvalue weighted by atomic mass is 9.89. The van der Waals surface area contributed by atoms with Crippen LogP contribution in [0.1, 0.15) is 61.6 Å². The average molecular weight is 336 g/mol. The molecule has 0 nitrogen and oxygen atoms in total. The molecule has 3 rings (SSSR count). The number of hydrogen-bond donors (Lipinski definition) is 0. The Hall–Kier alpha value is -1.89. The van der Waals surface area contributed by atoms with Gasteiger partial charge in [0.15, 0.2) is 0 Å². The summed E-state index contributed by atoms with van der Waals surface area (Å²) in [6.45, 7) is 6.48. The summed E-state index contributed by atoms with van der Waals surface area (Å²) in [4.78, 5) is 0. The highest BCUT2D eigenvalue weighted by molar-refractivity contribution is 5.29. The zero-order chi connectivity index (χ0) is 17.6. The molecule has 0 aromatic heterocycles. The van der Waals surface area contributed by atoms with E-state index in [1.54, 1.807) is 6.07 Å². The molecule has 1 unspecified atom stereocenters. The van der Waals surface area contributed by atoms with Crippen LogP contribution in [0.25, 0.3) is 0 Å². The second kappa shape index (κ2) is 8.47. The normalized spacial score (nSPS) is 16.1. The molecule has 0 aliphatic heterocycles. The van der Waals surface area contributed by atoms with Gasteiger partial charge in [-0.1, -0.05) is 74.4 Å². The summed E-state index contributed by atoms with van der Waals surface area (Å²) in [7, 11) is 0. The van der Waals surface area contributed by atoms with E-state index in [2.05, 4.69) is 43.8 Å². The Morgan fingerprint density at radius 1 is 1.08 bits per heavy atom. The maximum Gasteiger partial charge on any atom is 0.126 e. The third-order valence-corrected chi connectivity index (χ3v) is 5.68. The molecule has 0 spiro atoms. The summed E-state index contributed by atoms with van der Waals surface area (Å²) in [6.07, 6.45) is 7.66. The second-order valence-electron chi connectivity index (χ2n) is 7.59. The standard InChI is InChI=1S/C24H29F/c1-18(12-13-20-8-4-3-5-9-20)19(2)16-21-14-15-23(24(25)17-21)22-10-6-7-11-22/h3-5,8-9,14-15,17,19,22H,1,6-7,10-13,16H2,2H3. The van der Waals surface area contributed by atoms with E-state index in [1.165, 1.54) is 24.0 Å². The number of aryl methyl sites for hydroxylation is 1. The largest absolute Gasteiger partial charge is 0.207 e. The van der Waals surface area contributed by atoms with Gasteiger partial charge in [0.25, 0.3) is 0 Å². The van der Waals surface area contributed by atoms with E-state index in [0.717, 1.165) is 43.2 Å². The molecule has 1 aliphatic rings. The minimum atomic E-state index is -0.00787. The Bertz CT molecular complexity index is 695. The molecule has 0 N–H and O–H groups in total. The zero-order valence-corrected chi connectivity index (χ0v) is 15.3. The fourth-order valence-electron chi connectivity index (χ4n) is 3.96. The first-order valence-corrected chi connectivity index (χ1v) is 9.63. The highest BCUT2D eigenvalue weighted by atomic mass is 19.1. The molecule has 0 bridgehead atoms. The number of allylic oxidation sites excluding steroid dienone is 1. The van der Waals surface area contributed by atoms with Crippen molar-refractivity contribution in [1.82, 2.24) is 0 Å². The molecule has 1 heteroatoms. The van der Waals surface area contributed by atoms with Crippen LogP contribution in [0.5, 0.6) is 0 Å². The molecular weight excluding hydrogens is 307 g/mol. The molecule has 132 valence electrons. The summed E-state index contributed by atoms with van der Waals surface area (Å²) in [5, 5.41) is 0. The van der Waals surface area contributed by atoms with Crippen LogP contribution >= 0.6 is 0 Å². The van der Waals surface area contributed by atoms with Crippen LogP contribution in [0.3, 0.4) is 0 Å². The van der Waals surface area contributed by atoms with Gasteiger partial charge in [-0.05, 0) is 66.7 Å². The Labute approximate surface area is 151 Å². The summed E-state index contributed by atoms with van der Waals surface area (Å²) in [6, 6.07) is 16.4. The van der Waals surface area contributed by atoms with E-state index in [4.69, 9.17) is 0 Å². The van der Waals surface area contributed by atoms with Crippen molar-refractivity contribution < 1.29 is 4.39 Å². The Kier molecular flexibility index (Phi) is 6.07. The van der Waals surface area contributed by atoms with E-state index in [-0.39, 0.29) is 5.82 Å². The fourth-order valence-corrected chi connectivity index (χ4v) is 3.96. The molecule has 1 fully saturated rings. The number of hydrogen-bond acceptors (Lipinski definition) is 0. The topological polar surface area (TPSA) is 0 Å². The average Bonchev–Trinajstić information content (AvgIpc) is 3.15. The van der Waals surface area contributed by atoms with E-state index in [0.29, 0.717) is 11.8 Å². The van der Waals surface area contributed by atoms with Crippen LogP contribution in [0, 0.1) is 11.7 Å². The van der Waals surface area contributed by atoms with Gasteiger partial charge >= 0.3 is 0 Å². The van der Waals surface area contributed by atoms with Crippen molar-refractivity contribution in [3.8, 4) is 0 Å². The van der Waals surface area contributed by atoms with Gasteiger partial charge in [-0.3, -0.25) is 0 Å². The monoisotopic (exact) mass is 336 g/mol. The van der Waals surface area contributed by atoms with Gasteiger partial charge in [0.2, 0.25) is 0 Å². The van der Waals surface area contributed by atoms with Crippen molar-refractivity contribution in [1.29, 1.82) is 0 Å². The summed E-state index contributed by atoms with van der Waals surface area (Å²) >= 11 is 0. The van der Waals surface area contributed by atoms with Crippen molar-refractivity contribution in [2.24, 2.45) is 5.92 Å². The molecule has 0 saturated heterocycles. The molecule has 1 aliphatic carbocycles. The van der Waals surface area contributed by atoms with Crippen molar-refractivity contribution in [3.63, 3.8) is 0 Å². The quantitative estimate of drug-likeness (QED) is 0.485. The zero-order valence-electron chi connectivity index (χ0n) is 15.3. The third-order valence-electron chi connectivity index (χ3n) is 5.68. The summed E-state index contributed by atoms with van der Waals surface area (Å²) in [5.74, 6) is 0.805. The lowest BCUT2D eigenvalue weighted by molar-refractivity contribution is 0.574. The number of halogens is 1. The molecule has 2 aromatic rings. The fraction of sp³-hybridized carbons (Fsp3) is 0.417. The summed E-state index contributed by atoms with van der Waals surface area (Å²) < 4.78 is 14.5. The lowest BCUT2D eigenvalue weighted by Crippen LogP contribution is -2.05. The Morgan fingerprint density at radius 3 is 2.48 bits per heavy atom. The predicted molar refractivity (Wildman–Crippen MR) is 104 cm³/mol. The van der Waals surface area contributed by atoms with Gasteiger partial charge in [-0.25, -0.2) is 4.39 Å². The smallest absolute Gasteiger partial charge is 0.126 e. The molecular formula is C24H29F. The van der Waals surface area contributed by atoms with E-state index in [1.807, 2.05) is 12.1 Å². The van der Waals surface area contributed by atoms with Crippen molar-refractivity contribution in [3.05, 3.63) is 83.2 Å². The van der Waals surface area contributed by atoms with Gasteiger partial charge < -0.3 is 0 Å². The van der Waals surface area contributed by atoms with Crippen LogP contribution in [0.2, 0.25) is 0 Å². The van der Waals surface area contributed by atoms with E-state index >= 15 is 0 Å². The third kappa shape index (κ3) is 4.81. The molecule has 1 atom stereocenters. The second-order valence-corrected chi connectivity index (χ2v) is 7.59. The first-order valence-electron chi connectivity index (χ1n) is 9.63. The minimum absolute atomic E-state index is 0.00787. The Balaban J connectivity index is 1.55. The molecule has 0 radical (unpaired) electrons. The Morgan fingerprint density at radius 2 is 1.80 bits per heavy atom. The first-order chi connectivity index (χ1) is 12.1. The van der Waals surface area contributed by atoms with Crippen LogP contribution in [0.15, 0.2) is 60.7 Å².